The van der Waals surface area contributed by atoms with Crippen molar-refractivity contribution in [3.05, 3.63) is 24.5 Å². The number of ether oxygens (including phenoxy) is 1. The molecule has 1 aliphatic rings. The lowest BCUT2D eigenvalue weighted by Gasteiger charge is -2.26. The highest BCUT2D eigenvalue weighted by molar-refractivity contribution is 4.99. The van der Waals surface area contributed by atoms with Crippen molar-refractivity contribution >= 4 is 0 Å². The van der Waals surface area contributed by atoms with Crippen molar-refractivity contribution in [1.29, 1.82) is 0 Å². The Bertz CT molecular complexity index is 172. The van der Waals surface area contributed by atoms with Gasteiger partial charge in [-0.15, -0.1) is 0 Å². The maximum atomic E-state index is 9.30. The molecule has 0 aliphatic carbocycles. The predicted molar refractivity (Wildman–Crippen MR) is 44.1 cm³/mol. The van der Waals surface area contributed by atoms with E-state index in [1.165, 1.54) is 0 Å². The van der Waals surface area contributed by atoms with Gasteiger partial charge in [-0.3, -0.25) is 0 Å². The van der Waals surface area contributed by atoms with Crippen LogP contribution in [-0.4, -0.2) is 17.3 Å². The van der Waals surface area contributed by atoms with Crippen molar-refractivity contribution in [2.24, 2.45) is 0 Å². The van der Waals surface area contributed by atoms with Crippen molar-refractivity contribution in [1.82, 2.24) is 0 Å². The zero-order valence-electron chi connectivity index (χ0n) is 6.79. The highest BCUT2D eigenvalue weighted by Gasteiger charge is 2.20. The fraction of sp³-hybridized carbons (Fsp3) is 0.556. The molecule has 0 spiro atoms. The molecule has 2 atom stereocenters. The lowest BCUT2D eigenvalue weighted by atomic mass is 10.0. The van der Waals surface area contributed by atoms with Crippen LogP contribution in [0.3, 0.4) is 0 Å². The average molecular weight is 154 g/mol. The second-order valence-corrected chi connectivity index (χ2v) is 2.81. The molecule has 0 bridgehead atoms. The molecular formula is C9H14O2. The molecular weight excluding hydrogens is 140 g/mol. The van der Waals surface area contributed by atoms with Gasteiger partial charge in [-0.2, -0.15) is 0 Å². The van der Waals surface area contributed by atoms with Crippen molar-refractivity contribution < 1.29 is 9.84 Å². The molecule has 2 heteroatoms. The Morgan fingerprint density at radius 1 is 1.73 bits per heavy atom. The van der Waals surface area contributed by atoms with Gasteiger partial charge in [0.15, 0.2) is 0 Å². The second kappa shape index (κ2) is 3.58. The van der Waals surface area contributed by atoms with Gasteiger partial charge in [0.2, 0.25) is 0 Å². The van der Waals surface area contributed by atoms with Crippen LogP contribution in [0.1, 0.15) is 19.8 Å². The monoisotopic (exact) mass is 154 g/mol. The summed E-state index contributed by atoms with van der Waals surface area (Å²) in [5.74, 6) is 0.687. The van der Waals surface area contributed by atoms with Crippen LogP contribution in [0.2, 0.25) is 0 Å². The molecule has 0 amide bonds. The Kier molecular flexibility index (Phi) is 2.71. The summed E-state index contributed by atoms with van der Waals surface area (Å²) in [6.45, 7) is 5.62. The van der Waals surface area contributed by atoms with Gasteiger partial charge in [0, 0.05) is 12.8 Å². The van der Waals surface area contributed by atoms with E-state index in [0.717, 1.165) is 0 Å². The Morgan fingerprint density at radius 2 is 2.45 bits per heavy atom. The molecule has 1 fully saturated rings. The minimum atomic E-state index is -0.280. The third-order valence-electron chi connectivity index (χ3n) is 1.69. The van der Waals surface area contributed by atoms with Gasteiger partial charge in [-0.25, -0.2) is 0 Å². The zero-order chi connectivity index (χ0) is 8.27. The number of hydrogen-bond acceptors (Lipinski definition) is 2. The van der Waals surface area contributed by atoms with E-state index in [-0.39, 0.29) is 12.2 Å². The molecule has 2 nitrogen and oxygen atoms in total. The summed E-state index contributed by atoms with van der Waals surface area (Å²) in [6.07, 6.45) is 4.87. The van der Waals surface area contributed by atoms with Crippen LogP contribution in [0.4, 0.5) is 0 Å². The first-order chi connectivity index (χ1) is 5.22. The molecule has 1 N–H and O–H groups in total. The minimum absolute atomic E-state index is 0.0243. The van der Waals surface area contributed by atoms with Crippen LogP contribution in [0.15, 0.2) is 24.5 Å². The number of aliphatic hydroxyl groups excluding tert-OH is 1. The van der Waals surface area contributed by atoms with Crippen molar-refractivity contribution in [3.63, 3.8) is 0 Å². The molecule has 2 unspecified atom stereocenters. The molecule has 11 heavy (non-hydrogen) atoms. The summed E-state index contributed by atoms with van der Waals surface area (Å²) < 4.78 is 5.36. The maximum Gasteiger partial charge on any atom is 0.119 e. The van der Waals surface area contributed by atoms with Gasteiger partial charge in [0.05, 0.1) is 11.9 Å². The summed E-state index contributed by atoms with van der Waals surface area (Å²) in [7, 11) is 0. The van der Waals surface area contributed by atoms with Gasteiger partial charge >= 0.3 is 0 Å². The van der Waals surface area contributed by atoms with Gasteiger partial charge in [0.1, 0.15) is 6.10 Å². The van der Waals surface area contributed by atoms with Crippen LogP contribution in [0.5, 0.6) is 0 Å². The van der Waals surface area contributed by atoms with Crippen molar-refractivity contribution in [3.8, 4) is 0 Å². The molecule has 0 radical (unpaired) electrons. The number of aliphatic hydroxyl groups is 1. The fourth-order valence-electron chi connectivity index (χ4n) is 1.26. The Labute approximate surface area is 67.2 Å². The summed E-state index contributed by atoms with van der Waals surface area (Å²) >= 11 is 0. The second-order valence-electron chi connectivity index (χ2n) is 2.81. The highest BCUT2D eigenvalue weighted by Crippen LogP contribution is 2.21. The number of rotatable bonds is 1. The summed E-state index contributed by atoms with van der Waals surface area (Å²) in [5.41, 5.74) is 0. The lowest BCUT2D eigenvalue weighted by molar-refractivity contribution is 0.0250. The molecule has 0 aromatic rings. The Balaban J connectivity index is 2.49. The molecule has 0 saturated carbocycles. The van der Waals surface area contributed by atoms with Gasteiger partial charge in [0.25, 0.3) is 0 Å². The fourth-order valence-corrected chi connectivity index (χ4v) is 1.26. The minimum Gasteiger partial charge on any atom is -0.491 e. The molecule has 1 rings (SSSR count). The van der Waals surface area contributed by atoms with Gasteiger partial charge in [-0.1, -0.05) is 12.7 Å². The van der Waals surface area contributed by atoms with E-state index in [0.29, 0.717) is 18.6 Å². The molecule has 1 saturated heterocycles. The molecule has 1 heterocycles. The maximum absolute atomic E-state index is 9.30. The first-order valence-corrected chi connectivity index (χ1v) is 3.87. The molecule has 0 aromatic carbocycles. The van der Waals surface area contributed by atoms with Crippen LogP contribution in [-0.2, 0) is 4.74 Å². The third-order valence-corrected chi connectivity index (χ3v) is 1.69. The smallest absolute Gasteiger partial charge is 0.119 e. The van der Waals surface area contributed by atoms with Gasteiger partial charge in [-0.05, 0) is 13.0 Å². The topological polar surface area (TPSA) is 29.5 Å². The van der Waals surface area contributed by atoms with E-state index in [2.05, 4.69) is 6.58 Å². The van der Waals surface area contributed by atoms with Crippen molar-refractivity contribution in [2.75, 3.05) is 0 Å². The van der Waals surface area contributed by atoms with E-state index >= 15 is 0 Å². The van der Waals surface area contributed by atoms with Crippen LogP contribution in [0.25, 0.3) is 0 Å². The Hall–Kier alpha value is -0.760. The van der Waals surface area contributed by atoms with Gasteiger partial charge < -0.3 is 9.84 Å². The SMILES string of the molecule is C=C1CC(O)CC(/C=C/C)O1. The van der Waals surface area contributed by atoms with E-state index in [9.17, 15) is 5.11 Å². The van der Waals surface area contributed by atoms with Crippen LogP contribution >= 0.6 is 0 Å². The van der Waals surface area contributed by atoms with E-state index < -0.39 is 0 Å². The largest absolute Gasteiger partial charge is 0.491 e. The first kappa shape index (κ1) is 8.34. The van der Waals surface area contributed by atoms with Crippen molar-refractivity contribution in [2.45, 2.75) is 32.0 Å². The molecule has 1 aliphatic heterocycles. The summed E-state index contributed by atoms with van der Waals surface area (Å²) in [5, 5.41) is 9.30. The van der Waals surface area contributed by atoms with E-state index in [1.807, 2.05) is 19.1 Å². The Morgan fingerprint density at radius 3 is 3.00 bits per heavy atom. The lowest BCUT2D eigenvalue weighted by Crippen LogP contribution is -2.25. The van der Waals surface area contributed by atoms with E-state index in [1.54, 1.807) is 0 Å². The van der Waals surface area contributed by atoms with E-state index in [4.69, 9.17) is 4.74 Å². The van der Waals surface area contributed by atoms with Crippen LogP contribution < -0.4 is 0 Å². The number of allylic oxidation sites excluding steroid dienone is 1. The molecule has 0 aromatic heterocycles. The quantitative estimate of drug-likeness (QED) is 0.581. The zero-order valence-corrected chi connectivity index (χ0v) is 6.79. The highest BCUT2D eigenvalue weighted by atomic mass is 16.5. The normalized spacial score (nSPS) is 32.4. The molecule has 62 valence electrons. The summed E-state index contributed by atoms with van der Waals surface area (Å²) in [4.78, 5) is 0. The summed E-state index contributed by atoms with van der Waals surface area (Å²) in [6, 6.07) is 0. The first-order valence-electron chi connectivity index (χ1n) is 3.87. The predicted octanol–water partition coefficient (Wildman–Crippen LogP) is 1.62. The average Bonchev–Trinajstić information content (AvgIpc) is 1.85. The number of hydrogen-bond donors (Lipinski definition) is 1. The standard InChI is InChI=1S/C9H14O2/c1-3-4-9-6-8(10)5-7(2)11-9/h3-4,8-10H,2,5-6H2,1H3/b4-3+. The van der Waals surface area contributed by atoms with Crippen LogP contribution in [0, 0.1) is 0 Å². The third kappa shape index (κ3) is 2.39.